The average Bonchev–Trinajstić information content (AvgIpc) is 3.52. The van der Waals surface area contributed by atoms with Crippen molar-refractivity contribution in [3.8, 4) is 12.1 Å². The Bertz CT molecular complexity index is 1300. The van der Waals surface area contributed by atoms with Gasteiger partial charge >= 0.3 is 12.2 Å². The molecule has 1 amide bonds. The molecule has 4 heterocycles. The lowest BCUT2D eigenvalue weighted by Crippen LogP contribution is -2.37. The molecule has 0 aromatic carbocycles. The molecule has 0 bridgehead atoms. The fourth-order valence-corrected chi connectivity index (χ4v) is 4.39. The van der Waals surface area contributed by atoms with Crippen molar-refractivity contribution in [3.63, 3.8) is 0 Å². The van der Waals surface area contributed by atoms with Crippen LogP contribution in [0.1, 0.15) is 41.4 Å². The Labute approximate surface area is 203 Å². The third kappa shape index (κ3) is 5.32. The van der Waals surface area contributed by atoms with Gasteiger partial charge in [-0.25, -0.2) is 4.98 Å². The van der Waals surface area contributed by atoms with Gasteiger partial charge in [-0.2, -0.15) is 33.4 Å². The molecule has 2 aliphatic rings. The number of ether oxygens (including phenoxy) is 1. The van der Waals surface area contributed by atoms with Crippen molar-refractivity contribution < 1.29 is 22.7 Å². The molecule has 2 fully saturated rings. The summed E-state index contributed by atoms with van der Waals surface area (Å²) in [6.07, 6.45) is 1.41. The first kappa shape index (κ1) is 23.8. The monoisotopic (exact) mass is 500 g/mol. The Morgan fingerprint density at radius 1 is 1.28 bits per heavy atom. The smallest absolute Gasteiger partial charge is 0.405 e. The van der Waals surface area contributed by atoms with Crippen LogP contribution in [0.2, 0.25) is 0 Å². The van der Waals surface area contributed by atoms with E-state index in [1.54, 1.807) is 11.5 Å². The van der Waals surface area contributed by atoms with Crippen LogP contribution in [0.4, 0.5) is 19.1 Å². The summed E-state index contributed by atoms with van der Waals surface area (Å²) in [6.45, 7) is -0.171. The Balaban J connectivity index is 1.31. The molecule has 1 aliphatic carbocycles. The van der Waals surface area contributed by atoms with Gasteiger partial charge in [0.15, 0.2) is 0 Å². The third-order valence-electron chi connectivity index (χ3n) is 6.47. The lowest BCUT2D eigenvalue weighted by molar-refractivity contribution is -0.123. The van der Waals surface area contributed by atoms with Crippen LogP contribution in [0, 0.1) is 23.2 Å². The fourth-order valence-electron chi connectivity index (χ4n) is 4.39. The molecule has 2 N–H and O–H groups in total. The molecule has 36 heavy (non-hydrogen) atoms. The Morgan fingerprint density at radius 3 is 2.81 bits per heavy atom. The van der Waals surface area contributed by atoms with Crippen LogP contribution < -0.4 is 15.0 Å². The quantitative estimate of drug-likeness (QED) is 0.506. The minimum absolute atomic E-state index is 0.0409. The number of fused-ring (bicyclic) bond motifs is 1. The van der Waals surface area contributed by atoms with E-state index in [1.165, 1.54) is 5.56 Å². The summed E-state index contributed by atoms with van der Waals surface area (Å²) in [6, 6.07) is 5.93. The number of carbonyl (C=O) groups is 1. The third-order valence-corrected chi connectivity index (χ3v) is 6.47. The summed E-state index contributed by atoms with van der Waals surface area (Å²) in [7, 11) is 0. The van der Waals surface area contributed by atoms with E-state index in [9.17, 15) is 18.0 Å². The molecule has 13 heteroatoms. The maximum Gasteiger partial charge on any atom is 0.405 e. The van der Waals surface area contributed by atoms with Crippen molar-refractivity contribution in [2.45, 2.75) is 31.4 Å². The normalized spacial score (nSPS) is 20.2. The number of piperidine rings is 1. The molecule has 188 valence electrons. The number of rotatable bonds is 7. The summed E-state index contributed by atoms with van der Waals surface area (Å²) in [5.41, 5.74) is 2.01. The number of anilines is 1. The zero-order valence-corrected chi connectivity index (χ0v) is 19.1. The zero-order valence-electron chi connectivity index (χ0n) is 19.1. The number of alkyl halides is 3. The number of aromatic amines is 1. The van der Waals surface area contributed by atoms with Crippen molar-refractivity contribution in [1.29, 1.82) is 5.26 Å². The summed E-state index contributed by atoms with van der Waals surface area (Å²) < 4.78 is 43.4. The molecule has 5 rings (SSSR count). The maximum absolute atomic E-state index is 12.6. The van der Waals surface area contributed by atoms with E-state index in [1.807, 2.05) is 23.2 Å². The van der Waals surface area contributed by atoms with Crippen LogP contribution in [0.25, 0.3) is 11.0 Å². The predicted octanol–water partition coefficient (Wildman–Crippen LogP) is 2.96. The molecule has 1 saturated heterocycles. The molecule has 0 radical (unpaired) electrons. The number of amides is 1. The van der Waals surface area contributed by atoms with Gasteiger partial charge in [0.2, 0.25) is 11.8 Å². The second-order valence-electron chi connectivity index (χ2n) is 8.99. The number of carbonyl (C=O) groups excluding carboxylic acids is 1. The van der Waals surface area contributed by atoms with Crippen LogP contribution in [0.3, 0.4) is 0 Å². The standard InChI is InChI=1S/C23H23F3N8O2/c24-23(25,26)12-30-20(35)19-31-21(33-22(32-19)36-11-15-8-14(15)9-27)34-6-3-13(4-7-34)17-10-29-18-16(17)2-1-5-28-18/h1-2,5,10,13-15H,3-4,6-8,11-12H2,(H,28,29)(H,30,35)/t14-,15+/m0/s1. The van der Waals surface area contributed by atoms with Crippen molar-refractivity contribution in [2.75, 3.05) is 31.1 Å². The number of H-pyrrole nitrogens is 1. The Kier molecular flexibility index (Phi) is 6.34. The number of aromatic nitrogens is 5. The second-order valence-corrected chi connectivity index (χ2v) is 8.99. The number of nitriles is 1. The van der Waals surface area contributed by atoms with E-state index < -0.39 is 24.5 Å². The van der Waals surface area contributed by atoms with Gasteiger partial charge in [-0.15, -0.1) is 0 Å². The zero-order chi connectivity index (χ0) is 25.3. The predicted molar refractivity (Wildman–Crippen MR) is 121 cm³/mol. The largest absolute Gasteiger partial charge is 0.463 e. The molecule has 0 unspecified atom stereocenters. The van der Waals surface area contributed by atoms with Crippen LogP contribution in [0.15, 0.2) is 24.5 Å². The minimum Gasteiger partial charge on any atom is -0.463 e. The first-order valence-electron chi connectivity index (χ1n) is 11.6. The number of hydrogen-bond acceptors (Lipinski definition) is 8. The van der Waals surface area contributed by atoms with E-state index >= 15 is 0 Å². The van der Waals surface area contributed by atoms with Gasteiger partial charge in [-0.1, -0.05) is 0 Å². The first-order valence-corrected chi connectivity index (χ1v) is 11.6. The number of halogens is 3. The molecule has 0 spiro atoms. The number of nitrogens with zero attached hydrogens (tertiary/aromatic N) is 6. The maximum atomic E-state index is 12.6. The molecular weight excluding hydrogens is 477 g/mol. The van der Waals surface area contributed by atoms with Gasteiger partial charge < -0.3 is 19.9 Å². The summed E-state index contributed by atoms with van der Waals surface area (Å²) >= 11 is 0. The highest BCUT2D eigenvalue weighted by Crippen LogP contribution is 2.38. The Morgan fingerprint density at radius 2 is 2.08 bits per heavy atom. The van der Waals surface area contributed by atoms with E-state index in [4.69, 9.17) is 10.00 Å². The van der Waals surface area contributed by atoms with Crippen LogP contribution >= 0.6 is 0 Å². The molecular formula is C23H23F3N8O2. The molecule has 10 nitrogen and oxygen atoms in total. The first-order chi connectivity index (χ1) is 17.3. The molecule has 2 atom stereocenters. The fraction of sp³-hybridized carbons (Fsp3) is 0.478. The van der Waals surface area contributed by atoms with Crippen molar-refractivity contribution >= 4 is 22.9 Å². The van der Waals surface area contributed by atoms with E-state index in [0.29, 0.717) is 19.5 Å². The highest BCUT2D eigenvalue weighted by molar-refractivity contribution is 5.90. The Hall–Kier alpha value is -3.95. The van der Waals surface area contributed by atoms with E-state index in [0.717, 1.165) is 23.9 Å². The van der Waals surface area contributed by atoms with Gasteiger partial charge in [0, 0.05) is 36.8 Å². The second kappa shape index (κ2) is 9.60. The molecule has 3 aromatic rings. The van der Waals surface area contributed by atoms with Gasteiger partial charge in [0.25, 0.3) is 5.91 Å². The number of pyridine rings is 1. The van der Waals surface area contributed by atoms with Crippen LogP contribution in [-0.2, 0) is 0 Å². The van der Waals surface area contributed by atoms with Crippen molar-refractivity contribution in [3.05, 3.63) is 35.9 Å². The van der Waals surface area contributed by atoms with Crippen molar-refractivity contribution in [1.82, 2.24) is 30.2 Å². The van der Waals surface area contributed by atoms with Gasteiger partial charge in [0.05, 0.1) is 18.6 Å². The number of hydrogen-bond donors (Lipinski definition) is 2. The number of nitrogens with one attached hydrogen (secondary N) is 2. The summed E-state index contributed by atoms with van der Waals surface area (Å²) in [5.74, 6) is -1.12. The lowest BCUT2D eigenvalue weighted by Gasteiger charge is -2.32. The molecule has 1 saturated carbocycles. The highest BCUT2D eigenvalue weighted by atomic mass is 19.4. The van der Waals surface area contributed by atoms with E-state index in [-0.39, 0.29) is 36.3 Å². The van der Waals surface area contributed by atoms with Gasteiger partial charge in [0.1, 0.15) is 12.2 Å². The van der Waals surface area contributed by atoms with Crippen LogP contribution in [0.5, 0.6) is 6.01 Å². The lowest BCUT2D eigenvalue weighted by atomic mass is 9.89. The summed E-state index contributed by atoms with van der Waals surface area (Å²) in [4.78, 5) is 34.2. The highest BCUT2D eigenvalue weighted by Gasteiger charge is 2.38. The SMILES string of the molecule is N#C[C@@H]1C[C@@H]1COc1nc(C(=O)NCC(F)(F)F)nc(N2CCC(c3c[nH]c4ncccc34)CC2)n1. The molecule has 3 aromatic heterocycles. The topological polar surface area (TPSA) is 133 Å². The minimum atomic E-state index is -4.57. The van der Waals surface area contributed by atoms with Gasteiger partial charge in [-0.3, -0.25) is 4.79 Å². The van der Waals surface area contributed by atoms with Crippen LogP contribution in [-0.4, -0.2) is 63.2 Å². The average molecular weight is 500 g/mol. The van der Waals surface area contributed by atoms with E-state index in [2.05, 4.69) is 31.0 Å². The molecule has 1 aliphatic heterocycles. The van der Waals surface area contributed by atoms with Gasteiger partial charge in [-0.05, 0) is 42.9 Å². The summed E-state index contributed by atoms with van der Waals surface area (Å²) in [5, 5.41) is 11.8. The van der Waals surface area contributed by atoms with Crippen molar-refractivity contribution in [2.24, 2.45) is 11.8 Å².